The smallest absolute Gasteiger partial charge is 0.424 e. The van der Waals surface area contributed by atoms with Gasteiger partial charge in [-0.15, -0.1) is 11.3 Å². The summed E-state index contributed by atoms with van der Waals surface area (Å²) in [6.45, 7) is 1.97. The first-order valence-electron chi connectivity index (χ1n) is 9.78. The Morgan fingerprint density at radius 2 is 2.07 bits per heavy atom. The molecule has 2 aromatic rings. The zero-order valence-electron chi connectivity index (χ0n) is 16.5. The summed E-state index contributed by atoms with van der Waals surface area (Å²) in [6.07, 6.45) is 0.741. The van der Waals surface area contributed by atoms with Crippen molar-refractivity contribution in [2.45, 2.75) is 57.2 Å². The Morgan fingerprint density at radius 3 is 2.70 bits per heavy atom. The highest BCUT2D eigenvalue weighted by atomic mass is 32.1. The molecule has 10 heteroatoms. The van der Waals surface area contributed by atoms with Crippen molar-refractivity contribution in [2.75, 3.05) is 11.9 Å². The first-order chi connectivity index (χ1) is 14.2. The van der Waals surface area contributed by atoms with Gasteiger partial charge in [-0.05, 0) is 37.8 Å². The second-order valence-corrected chi connectivity index (χ2v) is 8.40. The maximum Gasteiger partial charge on any atom is 0.424 e. The number of pyridine rings is 1. The minimum Gasteiger partial charge on any atom is -0.489 e. The molecule has 0 saturated heterocycles. The van der Waals surface area contributed by atoms with Crippen molar-refractivity contribution in [3.63, 3.8) is 0 Å². The maximum atomic E-state index is 13.6. The van der Waals surface area contributed by atoms with E-state index in [1.54, 1.807) is 12.1 Å². The highest BCUT2D eigenvalue weighted by molar-refractivity contribution is 7.09. The fourth-order valence-corrected chi connectivity index (χ4v) is 4.33. The molecule has 1 fully saturated rings. The number of carbonyl (C=O) groups is 1. The van der Waals surface area contributed by atoms with Crippen molar-refractivity contribution < 1.29 is 27.8 Å². The number of anilines is 1. The van der Waals surface area contributed by atoms with Crippen LogP contribution in [0.3, 0.4) is 0 Å². The highest BCUT2D eigenvalue weighted by Crippen LogP contribution is 2.43. The van der Waals surface area contributed by atoms with Gasteiger partial charge in [0.25, 0.3) is 0 Å². The SMILES string of the molecule is Cc1csc(C(O)(CC(=O)Nc2ncccc2OCC2CCCCC2)C(F)(F)F)n1. The molecular weight excluding hydrogens is 419 g/mol. The quantitative estimate of drug-likeness (QED) is 0.654. The molecule has 0 bridgehead atoms. The Labute approximate surface area is 176 Å². The number of aliphatic hydroxyl groups is 1. The van der Waals surface area contributed by atoms with Crippen LogP contribution in [0.15, 0.2) is 23.7 Å². The third-order valence-electron chi connectivity index (χ3n) is 5.09. The average Bonchev–Trinajstić information content (AvgIpc) is 3.14. The summed E-state index contributed by atoms with van der Waals surface area (Å²) in [5.74, 6) is -0.315. The van der Waals surface area contributed by atoms with Crippen LogP contribution in [-0.2, 0) is 10.4 Å². The maximum absolute atomic E-state index is 13.6. The van der Waals surface area contributed by atoms with Gasteiger partial charge < -0.3 is 15.2 Å². The molecule has 1 aliphatic carbocycles. The lowest BCUT2D eigenvalue weighted by atomic mass is 9.90. The van der Waals surface area contributed by atoms with Crippen LogP contribution < -0.4 is 10.1 Å². The summed E-state index contributed by atoms with van der Waals surface area (Å²) in [5, 5.41) is 13.5. The molecule has 0 spiro atoms. The highest BCUT2D eigenvalue weighted by Gasteiger charge is 2.58. The second-order valence-electron chi connectivity index (χ2n) is 7.54. The summed E-state index contributed by atoms with van der Waals surface area (Å²) >= 11 is 0.657. The topological polar surface area (TPSA) is 84.3 Å². The van der Waals surface area contributed by atoms with E-state index in [2.05, 4.69) is 15.3 Å². The number of carbonyl (C=O) groups excluding carboxylic acids is 1. The van der Waals surface area contributed by atoms with Gasteiger partial charge in [0.2, 0.25) is 11.5 Å². The lowest BCUT2D eigenvalue weighted by molar-refractivity contribution is -0.266. The molecule has 1 saturated carbocycles. The molecule has 1 aliphatic rings. The minimum absolute atomic E-state index is 0.0261. The van der Waals surface area contributed by atoms with Gasteiger partial charge in [-0.1, -0.05) is 19.3 Å². The molecule has 1 unspecified atom stereocenters. The van der Waals surface area contributed by atoms with Gasteiger partial charge in [-0.2, -0.15) is 13.2 Å². The Hall–Kier alpha value is -2.20. The van der Waals surface area contributed by atoms with Crippen LogP contribution in [0.25, 0.3) is 0 Å². The van der Waals surface area contributed by atoms with Gasteiger partial charge in [0, 0.05) is 17.3 Å². The third-order valence-corrected chi connectivity index (χ3v) is 6.20. The first kappa shape index (κ1) is 22.5. The van der Waals surface area contributed by atoms with Crippen LogP contribution in [-0.4, -0.2) is 33.8 Å². The van der Waals surface area contributed by atoms with Gasteiger partial charge in [0.1, 0.15) is 5.01 Å². The summed E-state index contributed by atoms with van der Waals surface area (Å²) < 4.78 is 46.6. The number of rotatable bonds is 7. The van der Waals surface area contributed by atoms with E-state index < -0.39 is 29.1 Å². The Bertz CT molecular complexity index is 868. The van der Waals surface area contributed by atoms with Crippen molar-refractivity contribution in [3.05, 3.63) is 34.4 Å². The van der Waals surface area contributed by atoms with E-state index in [1.165, 1.54) is 24.9 Å². The second kappa shape index (κ2) is 9.30. The predicted molar refractivity (Wildman–Crippen MR) is 106 cm³/mol. The summed E-state index contributed by atoms with van der Waals surface area (Å²) in [7, 11) is 0. The minimum atomic E-state index is -5.07. The van der Waals surface area contributed by atoms with Crippen LogP contribution >= 0.6 is 11.3 Å². The molecule has 0 aromatic carbocycles. The lowest BCUT2D eigenvalue weighted by Gasteiger charge is -2.28. The Kier molecular flexibility index (Phi) is 6.97. The molecular formula is C20H24F3N3O3S. The van der Waals surface area contributed by atoms with E-state index >= 15 is 0 Å². The number of hydrogen-bond donors (Lipinski definition) is 2. The van der Waals surface area contributed by atoms with E-state index in [1.807, 2.05) is 0 Å². The molecule has 2 aromatic heterocycles. The van der Waals surface area contributed by atoms with E-state index in [0.29, 0.717) is 29.6 Å². The van der Waals surface area contributed by atoms with Crippen molar-refractivity contribution in [2.24, 2.45) is 5.92 Å². The first-order valence-corrected chi connectivity index (χ1v) is 10.7. The zero-order chi connectivity index (χ0) is 21.8. The number of aromatic nitrogens is 2. The zero-order valence-corrected chi connectivity index (χ0v) is 17.4. The van der Waals surface area contributed by atoms with Crippen LogP contribution in [0.5, 0.6) is 5.75 Å². The number of halogens is 3. The molecule has 6 nitrogen and oxygen atoms in total. The van der Waals surface area contributed by atoms with Crippen molar-refractivity contribution in [1.29, 1.82) is 0 Å². The van der Waals surface area contributed by atoms with Gasteiger partial charge >= 0.3 is 6.18 Å². The number of hydrogen-bond acceptors (Lipinski definition) is 6. The number of alkyl halides is 3. The van der Waals surface area contributed by atoms with Gasteiger partial charge in [-0.3, -0.25) is 4.79 Å². The largest absolute Gasteiger partial charge is 0.489 e. The molecule has 1 amide bonds. The van der Waals surface area contributed by atoms with Gasteiger partial charge in [0.05, 0.1) is 13.0 Å². The van der Waals surface area contributed by atoms with Gasteiger partial charge in [0.15, 0.2) is 11.6 Å². The normalized spacial score (nSPS) is 17.4. The average molecular weight is 443 g/mol. The summed E-state index contributed by atoms with van der Waals surface area (Å²) in [4.78, 5) is 20.2. The van der Waals surface area contributed by atoms with Crippen LogP contribution in [0.2, 0.25) is 0 Å². The van der Waals surface area contributed by atoms with Crippen LogP contribution in [0.1, 0.15) is 49.2 Å². The lowest BCUT2D eigenvalue weighted by Crippen LogP contribution is -2.45. The number of aryl methyl sites for hydroxylation is 1. The molecule has 30 heavy (non-hydrogen) atoms. The van der Waals surface area contributed by atoms with Crippen molar-refractivity contribution >= 4 is 23.1 Å². The third kappa shape index (κ3) is 5.28. The molecule has 0 aliphatic heterocycles. The van der Waals surface area contributed by atoms with Gasteiger partial charge in [-0.25, -0.2) is 9.97 Å². The molecule has 2 N–H and O–H groups in total. The van der Waals surface area contributed by atoms with Crippen LogP contribution in [0, 0.1) is 12.8 Å². The molecule has 1 atom stereocenters. The molecule has 164 valence electrons. The molecule has 2 heterocycles. The van der Waals surface area contributed by atoms with E-state index in [9.17, 15) is 23.1 Å². The number of nitrogens with one attached hydrogen (secondary N) is 1. The van der Waals surface area contributed by atoms with Crippen molar-refractivity contribution in [1.82, 2.24) is 9.97 Å². The van der Waals surface area contributed by atoms with E-state index in [0.717, 1.165) is 25.7 Å². The summed E-state index contributed by atoms with van der Waals surface area (Å²) in [6, 6.07) is 3.22. The molecule has 3 rings (SSSR count). The van der Waals surface area contributed by atoms with E-state index in [4.69, 9.17) is 4.74 Å². The molecule has 0 radical (unpaired) electrons. The summed E-state index contributed by atoms with van der Waals surface area (Å²) in [5.41, 5.74) is -3.05. The monoisotopic (exact) mass is 443 g/mol. The van der Waals surface area contributed by atoms with E-state index in [-0.39, 0.29) is 11.6 Å². The number of ether oxygens (including phenoxy) is 1. The Balaban J connectivity index is 1.70. The standard InChI is InChI=1S/C20H24F3N3O3S/c1-13-12-30-18(25-13)19(28,20(21,22)23)10-16(27)26-17-15(8-5-9-24-17)29-11-14-6-3-2-4-7-14/h5,8-9,12,14,28H,2-4,6-7,10-11H2,1H3,(H,24,26,27). The van der Waals surface area contributed by atoms with Crippen LogP contribution in [0.4, 0.5) is 19.0 Å². The van der Waals surface area contributed by atoms with Crippen molar-refractivity contribution in [3.8, 4) is 5.75 Å². The predicted octanol–water partition coefficient (Wildman–Crippen LogP) is 4.58. The number of nitrogens with zero attached hydrogens (tertiary/aromatic N) is 2. The Morgan fingerprint density at radius 1 is 1.33 bits per heavy atom. The number of thiazole rings is 1. The fraction of sp³-hybridized carbons (Fsp3) is 0.550. The number of amides is 1. The fourth-order valence-electron chi connectivity index (χ4n) is 3.41.